The summed E-state index contributed by atoms with van der Waals surface area (Å²) < 4.78 is 7.98. The second-order valence-electron chi connectivity index (χ2n) is 9.79. The van der Waals surface area contributed by atoms with Crippen molar-refractivity contribution < 1.29 is 9.53 Å². The van der Waals surface area contributed by atoms with Gasteiger partial charge in [-0.1, -0.05) is 18.2 Å². The fourth-order valence-electron chi connectivity index (χ4n) is 5.68. The van der Waals surface area contributed by atoms with Crippen LogP contribution in [0, 0.1) is 5.92 Å². The molecule has 2 aromatic carbocycles. The van der Waals surface area contributed by atoms with Gasteiger partial charge in [0.2, 0.25) is 0 Å². The number of primary amides is 1. The van der Waals surface area contributed by atoms with E-state index in [1.807, 2.05) is 54.6 Å². The summed E-state index contributed by atoms with van der Waals surface area (Å²) in [6.45, 7) is 5.32. The van der Waals surface area contributed by atoms with Gasteiger partial charge in [0.1, 0.15) is 28.6 Å². The first-order valence-corrected chi connectivity index (χ1v) is 12.6. The van der Waals surface area contributed by atoms with Crippen molar-refractivity contribution in [3.8, 4) is 22.8 Å². The van der Waals surface area contributed by atoms with Crippen molar-refractivity contribution in [2.75, 3.05) is 38.0 Å². The van der Waals surface area contributed by atoms with E-state index in [2.05, 4.69) is 20.2 Å². The van der Waals surface area contributed by atoms with Gasteiger partial charge in [0.25, 0.3) is 5.91 Å². The fraction of sp³-hybridized carbons (Fsp3) is 0.407. The Labute approximate surface area is 205 Å². The first kappa shape index (κ1) is 22.1. The Morgan fingerprint density at radius 3 is 2.34 bits per heavy atom. The fourth-order valence-corrected chi connectivity index (χ4v) is 5.68. The maximum atomic E-state index is 12.6. The summed E-state index contributed by atoms with van der Waals surface area (Å²) in [6, 6.07) is 18.3. The highest BCUT2D eigenvalue weighted by molar-refractivity contribution is 6.03. The Balaban J connectivity index is 1.25. The number of fused-ring (bicyclic) bond motifs is 1. The van der Waals surface area contributed by atoms with Crippen LogP contribution in [0.5, 0.6) is 11.5 Å². The Hall–Kier alpha value is -3.36. The molecule has 0 saturated carbocycles. The number of para-hydroxylation sites is 1. The number of aromatic nitrogens is 2. The second kappa shape index (κ2) is 9.36. The van der Waals surface area contributed by atoms with Gasteiger partial charge < -0.3 is 21.1 Å². The van der Waals surface area contributed by atoms with E-state index < -0.39 is 5.91 Å². The van der Waals surface area contributed by atoms with E-state index in [1.54, 1.807) is 0 Å². The van der Waals surface area contributed by atoms with Crippen molar-refractivity contribution in [3.63, 3.8) is 0 Å². The number of nitrogens with two attached hydrogens (primary N) is 1. The smallest absolute Gasteiger partial charge is 0.254 e. The highest BCUT2D eigenvalue weighted by atomic mass is 16.5. The van der Waals surface area contributed by atoms with Gasteiger partial charge in [-0.25, -0.2) is 4.68 Å². The number of anilines is 1. The number of piperidine rings is 1. The SMILES string of the molecule is NC(=O)c1c(-c2ccc(Oc3ccccc3)cc2)nn2c1NCC[C@H]2C1CCN(C2CNC2)CC1. The first-order valence-electron chi connectivity index (χ1n) is 12.6. The molecule has 0 aliphatic carbocycles. The highest BCUT2D eigenvalue weighted by Gasteiger charge is 2.36. The van der Waals surface area contributed by atoms with E-state index in [0.717, 1.165) is 74.9 Å². The lowest BCUT2D eigenvalue weighted by atomic mass is 9.86. The van der Waals surface area contributed by atoms with E-state index in [4.69, 9.17) is 15.6 Å². The maximum Gasteiger partial charge on any atom is 0.254 e. The minimum Gasteiger partial charge on any atom is -0.457 e. The van der Waals surface area contributed by atoms with Crippen LogP contribution in [0.4, 0.5) is 5.82 Å². The van der Waals surface area contributed by atoms with Crippen molar-refractivity contribution in [1.29, 1.82) is 0 Å². The molecule has 182 valence electrons. The van der Waals surface area contributed by atoms with Crippen LogP contribution in [-0.2, 0) is 0 Å². The normalized spacial score (nSPS) is 21.1. The van der Waals surface area contributed by atoms with Gasteiger partial charge in [0, 0.05) is 31.2 Å². The number of ether oxygens (including phenoxy) is 1. The average Bonchev–Trinajstić information content (AvgIpc) is 3.25. The molecule has 3 aliphatic heterocycles. The van der Waals surface area contributed by atoms with Crippen LogP contribution >= 0.6 is 0 Å². The van der Waals surface area contributed by atoms with Gasteiger partial charge in [-0.3, -0.25) is 9.69 Å². The predicted molar refractivity (Wildman–Crippen MR) is 136 cm³/mol. The molecule has 3 aromatic rings. The number of hydrogen-bond donors (Lipinski definition) is 3. The second-order valence-corrected chi connectivity index (χ2v) is 9.79. The van der Waals surface area contributed by atoms with Crippen LogP contribution in [0.1, 0.15) is 35.7 Å². The minimum absolute atomic E-state index is 0.278. The summed E-state index contributed by atoms with van der Waals surface area (Å²) in [5.74, 6) is 2.37. The lowest BCUT2D eigenvalue weighted by Crippen LogP contribution is -2.59. The van der Waals surface area contributed by atoms with Gasteiger partial charge in [0.15, 0.2) is 0 Å². The van der Waals surface area contributed by atoms with Crippen molar-refractivity contribution in [1.82, 2.24) is 20.0 Å². The molecule has 2 saturated heterocycles. The van der Waals surface area contributed by atoms with Crippen LogP contribution in [0.15, 0.2) is 54.6 Å². The van der Waals surface area contributed by atoms with Crippen molar-refractivity contribution in [2.24, 2.45) is 11.7 Å². The molecule has 4 N–H and O–H groups in total. The molecule has 1 atom stereocenters. The zero-order valence-electron chi connectivity index (χ0n) is 19.8. The average molecular weight is 473 g/mol. The number of carbonyl (C=O) groups is 1. The van der Waals surface area contributed by atoms with Crippen LogP contribution < -0.4 is 21.1 Å². The molecule has 0 radical (unpaired) electrons. The number of benzene rings is 2. The van der Waals surface area contributed by atoms with Gasteiger partial charge in [-0.15, -0.1) is 0 Å². The molecule has 6 rings (SSSR count). The molecule has 8 heteroatoms. The Bertz CT molecular complexity index is 1180. The molecule has 0 bridgehead atoms. The molecule has 35 heavy (non-hydrogen) atoms. The summed E-state index contributed by atoms with van der Waals surface area (Å²) in [6.07, 6.45) is 3.33. The molecule has 2 fully saturated rings. The Morgan fingerprint density at radius 1 is 0.971 bits per heavy atom. The zero-order valence-corrected chi connectivity index (χ0v) is 19.8. The van der Waals surface area contributed by atoms with Gasteiger partial charge in [0.05, 0.1) is 6.04 Å². The molecule has 3 aliphatic rings. The number of hydrogen-bond acceptors (Lipinski definition) is 6. The monoisotopic (exact) mass is 472 g/mol. The standard InChI is InChI=1S/C27H32N6O2/c28-26(34)24-25(19-6-8-22(9-7-19)35-21-4-2-1-3-5-21)31-33-23(10-13-30-27(24)33)18-11-14-32(15-12-18)20-16-29-17-20/h1-9,18,20,23,29-30H,10-17H2,(H2,28,34)/t23-/m0/s1. The quantitative estimate of drug-likeness (QED) is 0.508. The highest BCUT2D eigenvalue weighted by Crippen LogP contribution is 2.40. The number of amides is 1. The third-order valence-electron chi connectivity index (χ3n) is 7.70. The Kier molecular flexibility index (Phi) is 5.91. The summed E-state index contributed by atoms with van der Waals surface area (Å²) in [5, 5.41) is 11.8. The number of rotatable bonds is 6. The largest absolute Gasteiger partial charge is 0.457 e. The lowest BCUT2D eigenvalue weighted by molar-refractivity contribution is 0.0788. The minimum atomic E-state index is -0.452. The van der Waals surface area contributed by atoms with E-state index >= 15 is 0 Å². The molecule has 1 amide bonds. The van der Waals surface area contributed by atoms with Gasteiger partial charge >= 0.3 is 0 Å². The predicted octanol–water partition coefficient (Wildman–Crippen LogP) is 3.48. The molecule has 0 unspecified atom stereocenters. The molecular formula is C27H32N6O2. The topological polar surface area (TPSA) is 97.4 Å². The van der Waals surface area contributed by atoms with Crippen molar-refractivity contribution in [2.45, 2.75) is 31.3 Å². The zero-order chi connectivity index (χ0) is 23.8. The van der Waals surface area contributed by atoms with Crippen molar-refractivity contribution >= 4 is 11.7 Å². The van der Waals surface area contributed by atoms with Crippen LogP contribution in [0.2, 0.25) is 0 Å². The third-order valence-corrected chi connectivity index (χ3v) is 7.70. The third kappa shape index (κ3) is 4.28. The summed E-state index contributed by atoms with van der Waals surface area (Å²) in [7, 11) is 0. The lowest BCUT2D eigenvalue weighted by Gasteiger charge is -2.44. The number of carbonyl (C=O) groups excluding carboxylic acids is 1. The van der Waals surface area contributed by atoms with E-state index in [9.17, 15) is 4.79 Å². The molecule has 0 spiro atoms. The van der Waals surface area contributed by atoms with Crippen molar-refractivity contribution in [3.05, 3.63) is 60.2 Å². The van der Waals surface area contributed by atoms with E-state index in [1.165, 1.54) is 0 Å². The van der Waals surface area contributed by atoms with Crippen LogP contribution in [-0.4, -0.2) is 59.4 Å². The number of nitrogens with zero attached hydrogens (tertiary/aromatic N) is 3. The maximum absolute atomic E-state index is 12.6. The molecule has 4 heterocycles. The van der Waals surface area contributed by atoms with Crippen LogP contribution in [0.3, 0.4) is 0 Å². The Morgan fingerprint density at radius 2 is 1.69 bits per heavy atom. The first-order chi connectivity index (χ1) is 17.2. The summed E-state index contributed by atoms with van der Waals surface area (Å²) in [5.41, 5.74) is 7.85. The number of likely N-dealkylation sites (tertiary alicyclic amines) is 1. The number of nitrogens with one attached hydrogen (secondary N) is 2. The van der Waals surface area contributed by atoms with E-state index in [0.29, 0.717) is 23.2 Å². The molecular weight excluding hydrogens is 440 g/mol. The summed E-state index contributed by atoms with van der Waals surface area (Å²) >= 11 is 0. The molecule has 1 aromatic heterocycles. The molecule has 8 nitrogen and oxygen atoms in total. The summed E-state index contributed by atoms with van der Waals surface area (Å²) in [4.78, 5) is 15.2. The van der Waals surface area contributed by atoms with Gasteiger partial charge in [-0.05, 0) is 74.7 Å². The van der Waals surface area contributed by atoms with E-state index in [-0.39, 0.29) is 6.04 Å². The van der Waals surface area contributed by atoms with Crippen LogP contribution in [0.25, 0.3) is 11.3 Å². The van der Waals surface area contributed by atoms with Gasteiger partial charge in [-0.2, -0.15) is 5.10 Å².